The molecule has 0 saturated carbocycles. The number of benzene rings is 1. The van der Waals surface area contributed by atoms with E-state index in [0.717, 1.165) is 11.7 Å². The average molecular weight is 334 g/mol. The van der Waals surface area contributed by atoms with Gasteiger partial charge in [-0.3, -0.25) is 10.2 Å². The minimum Gasteiger partial charge on any atom is -0.367 e. The highest BCUT2D eigenvalue weighted by atomic mass is 31.0. The van der Waals surface area contributed by atoms with Gasteiger partial charge in [-0.2, -0.15) is 0 Å². The van der Waals surface area contributed by atoms with Crippen molar-refractivity contribution >= 4 is 32.1 Å². The third-order valence-corrected chi connectivity index (χ3v) is 4.69. The van der Waals surface area contributed by atoms with E-state index < -0.39 is 11.6 Å². The van der Waals surface area contributed by atoms with Crippen molar-refractivity contribution in [3.8, 4) is 0 Å². The summed E-state index contributed by atoms with van der Waals surface area (Å²) in [5.74, 6) is -0.197. The predicted octanol–water partition coefficient (Wildman–Crippen LogP) is 1.56. The van der Waals surface area contributed by atoms with Crippen molar-refractivity contribution in [1.29, 1.82) is 5.41 Å². The van der Waals surface area contributed by atoms with E-state index >= 15 is 0 Å². The zero-order valence-corrected chi connectivity index (χ0v) is 14.1. The summed E-state index contributed by atoms with van der Waals surface area (Å²) >= 11 is 0. The molecule has 2 unspecified atom stereocenters. The average Bonchev–Trinajstić information content (AvgIpc) is 2.92. The Morgan fingerprint density at radius 3 is 2.83 bits per heavy atom. The molecule has 0 spiro atoms. The smallest absolute Gasteiger partial charge is 0.291 e. The molecule has 23 heavy (non-hydrogen) atoms. The number of halogens is 1. The minimum atomic E-state index is -1.33. The molecule has 1 amide bonds. The van der Waals surface area contributed by atoms with Crippen molar-refractivity contribution in [2.75, 3.05) is 13.1 Å². The summed E-state index contributed by atoms with van der Waals surface area (Å²) in [4.78, 5) is 17.4. The van der Waals surface area contributed by atoms with Gasteiger partial charge in [0.1, 0.15) is 11.5 Å². The number of alkyl halides is 1. The maximum absolute atomic E-state index is 13.4. The highest BCUT2D eigenvalue weighted by molar-refractivity contribution is 7.27. The van der Waals surface area contributed by atoms with Crippen LogP contribution in [-0.2, 0) is 4.79 Å². The number of aliphatic imine (C=N–C) groups is 1. The van der Waals surface area contributed by atoms with Gasteiger partial charge in [-0.25, -0.2) is 9.38 Å². The number of nitrogens with zero attached hydrogens (tertiary/aromatic N) is 2. The second-order valence-corrected chi connectivity index (χ2v) is 6.97. The van der Waals surface area contributed by atoms with Crippen molar-refractivity contribution < 1.29 is 9.18 Å². The lowest BCUT2D eigenvalue weighted by atomic mass is 9.99. The number of likely N-dealkylation sites (tertiary alicyclic amines) is 1. The summed E-state index contributed by atoms with van der Waals surface area (Å²) in [5, 5.41) is 12.2. The maximum Gasteiger partial charge on any atom is 0.291 e. The summed E-state index contributed by atoms with van der Waals surface area (Å²) in [6, 6.07) is 8.20. The van der Waals surface area contributed by atoms with Crippen LogP contribution in [0.15, 0.2) is 29.3 Å². The Morgan fingerprint density at radius 1 is 1.48 bits per heavy atom. The first-order valence-electron chi connectivity index (χ1n) is 7.61. The first-order chi connectivity index (χ1) is 10.9. The topological polar surface area (TPSA) is 68.5 Å². The lowest BCUT2D eigenvalue weighted by molar-refractivity contribution is -0.136. The van der Waals surface area contributed by atoms with Crippen LogP contribution in [0.4, 0.5) is 4.39 Å². The first kappa shape index (κ1) is 16.1. The van der Waals surface area contributed by atoms with Gasteiger partial charge < -0.3 is 10.2 Å². The largest absolute Gasteiger partial charge is 0.367 e. The van der Waals surface area contributed by atoms with Crippen molar-refractivity contribution in [2.45, 2.75) is 31.5 Å². The molecule has 2 N–H and O–H groups in total. The molecule has 2 aliphatic rings. The van der Waals surface area contributed by atoms with Crippen molar-refractivity contribution in [3.05, 3.63) is 29.8 Å². The van der Waals surface area contributed by atoms with Crippen molar-refractivity contribution in [1.82, 2.24) is 10.2 Å². The van der Waals surface area contributed by atoms with Crippen LogP contribution in [-0.4, -0.2) is 41.2 Å². The van der Waals surface area contributed by atoms with E-state index in [2.05, 4.69) is 25.6 Å². The number of hydrogen-bond donors (Lipinski definition) is 2. The van der Waals surface area contributed by atoms with E-state index in [1.807, 2.05) is 18.2 Å². The third-order valence-electron chi connectivity index (χ3n) is 4.16. The predicted molar refractivity (Wildman–Crippen MR) is 92.2 cm³/mol. The summed E-state index contributed by atoms with van der Waals surface area (Å²) < 4.78 is 13.4. The number of amidine groups is 2. The molecular weight excluding hydrogens is 314 g/mol. The zero-order chi connectivity index (χ0) is 16.6. The molecule has 0 bridgehead atoms. The molecule has 0 aromatic heterocycles. The summed E-state index contributed by atoms with van der Waals surface area (Å²) in [6.45, 7) is 1.53. The van der Waals surface area contributed by atoms with Crippen LogP contribution in [0, 0.1) is 5.41 Å². The summed E-state index contributed by atoms with van der Waals surface area (Å²) in [6.07, 6.45) is 1.57. The van der Waals surface area contributed by atoms with Gasteiger partial charge in [0.05, 0.1) is 19.1 Å². The quantitative estimate of drug-likeness (QED) is 0.465. The maximum atomic E-state index is 13.4. The van der Waals surface area contributed by atoms with Crippen LogP contribution in [0.1, 0.15) is 31.4 Å². The molecule has 7 heteroatoms. The SMILES string of the molecule is CC1(F)CN(C(=O)C(=N)/N=C2/CCC(c3ccccc3P)N2)C1. The molecule has 0 radical (unpaired) electrons. The molecule has 1 aromatic carbocycles. The second-order valence-electron chi connectivity index (χ2n) is 6.35. The van der Waals surface area contributed by atoms with Gasteiger partial charge in [0.15, 0.2) is 0 Å². The van der Waals surface area contributed by atoms with Crippen LogP contribution in [0.5, 0.6) is 0 Å². The number of carbonyl (C=O) groups excluding carboxylic acids is 1. The van der Waals surface area contributed by atoms with Gasteiger partial charge in [-0.1, -0.05) is 24.3 Å². The molecule has 1 aromatic rings. The molecule has 2 atom stereocenters. The van der Waals surface area contributed by atoms with E-state index in [9.17, 15) is 9.18 Å². The summed E-state index contributed by atoms with van der Waals surface area (Å²) in [7, 11) is 2.72. The molecular formula is C16H20FN4OP. The van der Waals surface area contributed by atoms with E-state index in [1.54, 1.807) is 0 Å². The van der Waals surface area contributed by atoms with Crippen LogP contribution >= 0.6 is 9.24 Å². The molecule has 2 fully saturated rings. The number of nitrogens with one attached hydrogen (secondary N) is 2. The standard InChI is InChI=1S/C16H20FN4OP/c1-16(17)8-21(9-16)15(22)14(18)20-13-7-6-11(19-13)10-4-2-3-5-12(10)23/h2-5,11H,6-9,23H2,1H3,(H2,18,19,20). The molecule has 2 heterocycles. The minimum absolute atomic E-state index is 0.0373. The van der Waals surface area contributed by atoms with E-state index in [-0.39, 0.29) is 25.0 Å². The van der Waals surface area contributed by atoms with Gasteiger partial charge in [0.2, 0.25) is 5.84 Å². The summed E-state index contributed by atoms with van der Waals surface area (Å²) in [5.41, 5.74) is -0.154. The second kappa shape index (κ2) is 6.00. The van der Waals surface area contributed by atoms with Crippen LogP contribution in [0.3, 0.4) is 0 Å². The molecule has 3 rings (SSSR count). The van der Waals surface area contributed by atoms with Gasteiger partial charge in [0, 0.05) is 6.42 Å². The molecule has 5 nitrogen and oxygen atoms in total. The van der Waals surface area contributed by atoms with E-state index in [1.165, 1.54) is 17.4 Å². The number of rotatable bonds is 1. The van der Waals surface area contributed by atoms with Crippen LogP contribution in [0.25, 0.3) is 0 Å². The fourth-order valence-electron chi connectivity index (χ4n) is 3.00. The Bertz CT molecular complexity index is 680. The number of amides is 1. The highest BCUT2D eigenvalue weighted by Gasteiger charge is 2.42. The Kier molecular flexibility index (Phi) is 4.19. The molecule has 2 saturated heterocycles. The van der Waals surface area contributed by atoms with E-state index in [4.69, 9.17) is 5.41 Å². The third kappa shape index (κ3) is 3.42. The monoisotopic (exact) mass is 334 g/mol. The lowest BCUT2D eigenvalue weighted by Crippen LogP contribution is -2.60. The molecule has 0 aliphatic carbocycles. The van der Waals surface area contributed by atoms with Crippen LogP contribution < -0.4 is 10.6 Å². The molecule has 122 valence electrons. The Hall–Kier alpha value is -1.81. The van der Waals surface area contributed by atoms with Crippen molar-refractivity contribution in [2.24, 2.45) is 4.99 Å². The van der Waals surface area contributed by atoms with Gasteiger partial charge in [0.25, 0.3) is 5.91 Å². The van der Waals surface area contributed by atoms with Gasteiger partial charge >= 0.3 is 0 Å². The Balaban J connectivity index is 1.62. The lowest BCUT2D eigenvalue weighted by Gasteiger charge is -2.41. The van der Waals surface area contributed by atoms with Gasteiger partial charge in [-0.15, -0.1) is 9.24 Å². The van der Waals surface area contributed by atoms with Crippen LogP contribution in [0.2, 0.25) is 0 Å². The Labute approximate surface area is 137 Å². The fourth-order valence-corrected chi connectivity index (χ4v) is 3.41. The normalized spacial score (nSPS) is 24.2. The number of hydrogen-bond acceptors (Lipinski definition) is 2. The van der Waals surface area contributed by atoms with Crippen molar-refractivity contribution in [3.63, 3.8) is 0 Å². The van der Waals surface area contributed by atoms with Gasteiger partial charge in [-0.05, 0) is 24.2 Å². The Morgan fingerprint density at radius 2 is 2.17 bits per heavy atom. The zero-order valence-electron chi connectivity index (χ0n) is 13.0. The first-order valence-corrected chi connectivity index (χ1v) is 8.19. The highest BCUT2D eigenvalue weighted by Crippen LogP contribution is 2.26. The van der Waals surface area contributed by atoms with E-state index in [0.29, 0.717) is 12.3 Å². The molecule has 2 aliphatic heterocycles. The fraction of sp³-hybridized carbons (Fsp3) is 0.438. The number of carbonyl (C=O) groups is 1.